The van der Waals surface area contributed by atoms with E-state index in [1.807, 2.05) is 18.2 Å². The van der Waals surface area contributed by atoms with Crippen LogP contribution in [0.5, 0.6) is 0 Å². The van der Waals surface area contributed by atoms with E-state index in [2.05, 4.69) is 61.6 Å². The molecule has 200 valence electrons. The fourth-order valence-corrected chi connectivity index (χ4v) is 6.52. The Morgan fingerprint density at radius 2 is 1.78 bits per heavy atom. The number of halogens is 1. The van der Waals surface area contributed by atoms with Crippen LogP contribution in [0.25, 0.3) is 5.57 Å². The van der Waals surface area contributed by atoms with Crippen LogP contribution in [0, 0.1) is 23.6 Å². The van der Waals surface area contributed by atoms with Crippen molar-refractivity contribution in [3.63, 3.8) is 0 Å². The predicted molar refractivity (Wildman–Crippen MR) is 148 cm³/mol. The van der Waals surface area contributed by atoms with Gasteiger partial charge in [0, 0.05) is 6.42 Å². The Kier molecular flexibility index (Phi) is 9.00. The van der Waals surface area contributed by atoms with Gasteiger partial charge in [0.15, 0.2) is 14.1 Å². The Labute approximate surface area is 218 Å². The summed E-state index contributed by atoms with van der Waals surface area (Å²) in [5, 5.41) is 9.33. The monoisotopic (exact) mass is 516 g/mol. The Morgan fingerprint density at radius 1 is 1.17 bits per heavy atom. The van der Waals surface area contributed by atoms with E-state index in [0.717, 1.165) is 29.6 Å². The molecule has 1 aliphatic carbocycles. The first-order chi connectivity index (χ1) is 16.2. The van der Waals surface area contributed by atoms with Crippen molar-refractivity contribution < 1.29 is 23.5 Å². The predicted octanol–water partition coefficient (Wildman–Crippen LogP) is 8.11. The molecule has 0 aliphatic heterocycles. The number of carbonyl (C=O) groups is 2. The van der Waals surface area contributed by atoms with Crippen LogP contribution in [-0.4, -0.2) is 31.3 Å². The number of allylic oxidation sites excluding steroid dienone is 4. The second-order valence-electron chi connectivity index (χ2n) is 13.4. The van der Waals surface area contributed by atoms with Crippen molar-refractivity contribution in [3.05, 3.63) is 52.9 Å². The largest absolute Gasteiger partial charge is 0.481 e. The van der Waals surface area contributed by atoms with Gasteiger partial charge in [-0.3, -0.25) is 9.59 Å². The number of carboxylic acids is 1. The summed E-state index contributed by atoms with van der Waals surface area (Å²) in [5.41, 5.74) is 3.65. The number of hydrogen-bond acceptors (Lipinski definition) is 3. The highest BCUT2D eigenvalue weighted by Crippen LogP contribution is 2.52. The van der Waals surface area contributed by atoms with Gasteiger partial charge in [0.05, 0.1) is 12.5 Å². The highest BCUT2D eigenvalue weighted by atomic mass is 28.4. The van der Waals surface area contributed by atoms with Crippen LogP contribution in [0.4, 0.5) is 4.39 Å². The van der Waals surface area contributed by atoms with Crippen molar-refractivity contribution in [2.75, 3.05) is 0 Å². The van der Waals surface area contributed by atoms with Crippen molar-refractivity contribution >= 4 is 25.6 Å². The van der Waals surface area contributed by atoms with Crippen molar-refractivity contribution in [2.24, 2.45) is 10.8 Å². The Morgan fingerprint density at radius 3 is 2.31 bits per heavy atom. The minimum Gasteiger partial charge on any atom is -0.481 e. The van der Waals surface area contributed by atoms with Gasteiger partial charge in [-0.2, -0.15) is 0 Å². The van der Waals surface area contributed by atoms with Crippen LogP contribution in [0.15, 0.2) is 35.9 Å². The molecule has 0 bridgehead atoms. The van der Waals surface area contributed by atoms with Crippen LogP contribution < -0.4 is 0 Å². The van der Waals surface area contributed by atoms with Gasteiger partial charge in [0.1, 0.15) is 5.82 Å². The Bertz CT molecular complexity index is 1060. The maximum Gasteiger partial charge on any atom is 0.305 e. The summed E-state index contributed by atoms with van der Waals surface area (Å²) in [6, 6.07) is 5.21. The molecular weight excluding hydrogens is 471 g/mol. The molecule has 1 N–H and O–H groups in total. The molecule has 0 aromatic heterocycles. The lowest BCUT2D eigenvalue weighted by atomic mass is 9.61. The average Bonchev–Trinajstić information content (AvgIpc) is 2.65. The van der Waals surface area contributed by atoms with E-state index in [-0.39, 0.29) is 40.3 Å². The molecule has 1 aromatic rings. The van der Waals surface area contributed by atoms with Crippen LogP contribution in [0.1, 0.15) is 85.3 Å². The minimum atomic E-state index is -2.24. The SMILES string of the molecule is Cc1cc(C2=C(/C=C\C(=O)C[C@H](CC(=O)O)O[Si](C)(C)C(C)(C)C)C(C)(C)CC(C)(C)C2)ccc1F. The molecule has 0 amide bonds. The number of carbonyl (C=O) groups excluding carboxylic acids is 1. The van der Waals surface area contributed by atoms with E-state index in [1.54, 1.807) is 13.0 Å². The summed E-state index contributed by atoms with van der Waals surface area (Å²) in [7, 11) is -2.24. The molecule has 6 heteroatoms. The molecule has 0 radical (unpaired) electrons. The summed E-state index contributed by atoms with van der Waals surface area (Å²) in [5.74, 6) is -1.35. The summed E-state index contributed by atoms with van der Waals surface area (Å²) in [6.45, 7) is 21.0. The quantitative estimate of drug-likeness (QED) is 0.266. The molecule has 1 atom stereocenters. The van der Waals surface area contributed by atoms with Gasteiger partial charge in [-0.15, -0.1) is 0 Å². The third-order valence-electron chi connectivity index (χ3n) is 7.67. The van der Waals surface area contributed by atoms with Crippen LogP contribution in [-0.2, 0) is 14.0 Å². The van der Waals surface area contributed by atoms with E-state index >= 15 is 0 Å². The van der Waals surface area contributed by atoms with Gasteiger partial charge >= 0.3 is 5.97 Å². The highest BCUT2D eigenvalue weighted by molar-refractivity contribution is 6.74. The van der Waals surface area contributed by atoms with Gasteiger partial charge in [0.2, 0.25) is 0 Å². The van der Waals surface area contributed by atoms with Crippen molar-refractivity contribution in [1.82, 2.24) is 0 Å². The van der Waals surface area contributed by atoms with E-state index in [9.17, 15) is 19.1 Å². The van der Waals surface area contributed by atoms with Crippen LogP contribution >= 0.6 is 0 Å². The summed E-state index contributed by atoms with van der Waals surface area (Å²) in [6.07, 6.45) is 4.42. The number of benzene rings is 1. The highest BCUT2D eigenvalue weighted by Gasteiger charge is 2.40. The number of rotatable bonds is 9. The van der Waals surface area contributed by atoms with Crippen molar-refractivity contribution in [1.29, 1.82) is 0 Å². The molecule has 1 aliphatic rings. The van der Waals surface area contributed by atoms with Crippen LogP contribution in [0.3, 0.4) is 0 Å². The molecule has 36 heavy (non-hydrogen) atoms. The normalized spacial score (nSPS) is 19.0. The molecule has 0 spiro atoms. The molecule has 0 saturated carbocycles. The molecular formula is C30H45FO4Si. The van der Waals surface area contributed by atoms with E-state index in [1.165, 1.54) is 6.07 Å². The lowest BCUT2D eigenvalue weighted by Gasteiger charge is -2.43. The molecule has 0 unspecified atom stereocenters. The molecule has 4 nitrogen and oxygen atoms in total. The number of aliphatic carboxylic acids is 1. The molecule has 0 saturated heterocycles. The van der Waals surface area contributed by atoms with Gasteiger partial charge < -0.3 is 9.53 Å². The number of ketones is 1. The maximum absolute atomic E-state index is 14.0. The zero-order valence-corrected chi connectivity index (χ0v) is 24.8. The van der Waals surface area contributed by atoms with E-state index in [0.29, 0.717) is 5.56 Å². The average molecular weight is 517 g/mol. The molecule has 0 fully saturated rings. The standard InChI is InChI=1S/C30H45FO4Si/c1-20-15-21(11-14-26(20)31)24-18-29(5,6)19-30(7,8)25(24)13-12-22(32)16-23(17-27(33)34)35-36(9,10)28(2,3)4/h11-15,23H,16-19H2,1-10H3,(H,33,34)/b13-12-/t23-/m1/s1. The molecule has 1 aromatic carbocycles. The summed E-state index contributed by atoms with van der Waals surface area (Å²) in [4.78, 5) is 24.6. The Balaban J connectivity index is 2.41. The number of hydrogen-bond donors (Lipinski definition) is 1. The fourth-order valence-electron chi connectivity index (χ4n) is 5.16. The third-order valence-corrected chi connectivity index (χ3v) is 12.2. The number of carboxylic acid groups (broad SMARTS) is 1. The molecule has 0 heterocycles. The topological polar surface area (TPSA) is 63.6 Å². The van der Waals surface area contributed by atoms with Gasteiger partial charge in [-0.1, -0.05) is 60.6 Å². The third kappa shape index (κ3) is 7.72. The van der Waals surface area contributed by atoms with Gasteiger partial charge in [0.25, 0.3) is 0 Å². The van der Waals surface area contributed by atoms with Gasteiger partial charge in [-0.05, 0) is 89.2 Å². The van der Waals surface area contributed by atoms with Crippen LogP contribution in [0.2, 0.25) is 18.1 Å². The molecule has 2 rings (SSSR count). The fraction of sp³-hybridized carbons (Fsp3) is 0.600. The smallest absolute Gasteiger partial charge is 0.305 e. The van der Waals surface area contributed by atoms with Crippen molar-refractivity contribution in [3.8, 4) is 0 Å². The number of aryl methyl sites for hydroxylation is 1. The first kappa shape index (κ1) is 30.2. The summed E-state index contributed by atoms with van der Waals surface area (Å²) < 4.78 is 20.3. The Hall–Kier alpha value is -2.05. The zero-order chi connectivity index (χ0) is 27.7. The minimum absolute atomic E-state index is 0.0273. The second-order valence-corrected chi connectivity index (χ2v) is 18.1. The lowest BCUT2D eigenvalue weighted by molar-refractivity contribution is -0.139. The van der Waals surface area contributed by atoms with Gasteiger partial charge in [-0.25, -0.2) is 4.39 Å². The second kappa shape index (κ2) is 10.7. The lowest BCUT2D eigenvalue weighted by Crippen LogP contribution is -2.44. The van der Waals surface area contributed by atoms with Crippen molar-refractivity contribution in [2.45, 2.75) is 105 Å². The first-order valence-electron chi connectivity index (χ1n) is 12.8. The van der Waals surface area contributed by atoms with E-state index in [4.69, 9.17) is 4.43 Å². The van der Waals surface area contributed by atoms with E-state index < -0.39 is 20.4 Å². The maximum atomic E-state index is 14.0. The zero-order valence-electron chi connectivity index (χ0n) is 23.8. The summed E-state index contributed by atoms with van der Waals surface area (Å²) >= 11 is 0. The first-order valence-corrected chi connectivity index (χ1v) is 15.8.